The lowest BCUT2D eigenvalue weighted by molar-refractivity contribution is -0.140. The van der Waals surface area contributed by atoms with Crippen LogP contribution in [0.4, 0.5) is 0 Å². The standard InChI is InChI=1S/C11H22N2O/c1-11(2,10(14)12(3)4)13-8-6-5-7-9-13/h5-9H2,1-4H3. The van der Waals surface area contributed by atoms with Gasteiger partial charge in [-0.1, -0.05) is 6.42 Å². The molecule has 1 heterocycles. The van der Waals surface area contributed by atoms with Crippen LogP contribution < -0.4 is 0 Å². The number of carbonyl (C=O) groups excluding carboxylic acids is 1. The van der Waals surface area contributed by atoms with Gasteiger partial charge in [-0.2, -0.15) is 0 Å². The molecule has 0 radical (unpaired) electrons. The van der Waals surface area contributed by atoms with Crippen LogP contribution in [-0.4, -0.2) is 48.4 Å². The quantitative estimate of drug-likeness (QED) is 0.668. The molecular weight excluding hydrogens is 176 g/mol. The number of carbonyl (C=O) groups is 1. The molecule has 1 amide bonds. The molecule has 0 unspecified atom stereocenters. The van der Waals surface area contributed by atoms with E-state index in [1.807, 2.05) is 27.9 Å². The number of amides is 1. The van der Waals surface area contributed by atoms with E-state index in [2.05, 4.69) is 4.90 Å². The van der Waals surface area contributed by atoms with Crippen molar-refractivity contribution in [2.75, 3.05) is 27.2 Å². The molecule has 0 aliphatic carbocycles. The summed E-state index contributed by atoms with van der Waals surface area (Å²) in [7, 11) is 3.65. The van der Waals surface area contributed by atoms with Gasteiger partial charge in [-0.05, 0) is 39.8 Å². The van der Waals surface area contributed by atoms with Crippen LogP contribution in [0.1, 0.15) is 33.1 Å². The first kappa shape index (κ1) is 11.5. The molecule has 1 fully saturated rings. The average molecular weight is 198 g/mol. The highest BCUT2D eigenvalue weighted by atomic mass is 16.2. The van der Waals surface area contributed by atoms with Crippen molar-refractivity contribution >= 4 is 5.91 Å². The molecule has 1 aliphatic rings. The molecule has 3 nitrogen and oxygen atoms in total. The third-order valence-electron chi connectivity index (χ3n) is 3.08. The van der Waals surface area contributed by atoms with Gasteiger partial charge in [0.1, 0.15) is 0 Å². The molecule has 0 aromatic heterocycles. The largest absolute Gasteiger partial charge is 0.347 e. The first-order valence-electron chi connectivity index (χ1n) is 5.43. The third-order valence-corrected chi connectivity index (χ3v) is 3.08. The highest BCUT2D eigenvalue weighted by Crippen LogP contribution is 2.21. The summed E-state index contributed by atoms with van der Waals surface area (Å²) in [6, 6.07) is 0. The van der Waals surface area contributed by atoms with Gasteiger partial charge in [-0.3, -0.25) is 9.69 Å². The van der Waals surface area contributed by atoms with Gasteiger partial charge in [-0.25, -0.2) is 0 Å². The smallest absolute Gasteiger partial charge is 0.242 e. The highest BCUT2D eigenvalue weighted by Gasteiger charge is 2.35. The number of likely N-dealkylation sites (N-methyl/N-ethyl adjacent to an activating group) is 1. The topological polar surface area (TPSA) is 23.6 Å². The molecule has 82 valence electrons. The Bertz CT molecular complexity index is 205. The van der Waals surface area contributed by atoms with Crippen molar-refractivity contribution in [1.29, 1.82) is 0 Å². The van der Waals surface area contributed by atoms with Crippen molar-refractivity contribution < 1.29 is 4.79 Å². The zero-order chi connectivity index (χ0) is 10.8. The van der Waals surface area contributed by atoms with E-state index in [0.29, 0.717) is 0 Å². The lowest BCUT2D eigenvalue weighted by Crippen LogP contribution is -2.55. The minimum absolute atomic E-state index is 0.208. The van der Waals surface area contributed by atoms with Gasteiger partial charge in [0, 0.05) is 14.1 Å². The fourth-order valence-electron chi connectivity index (χ4n) is 2.14. The van der Waals surface area contributed by atoms with E-state index >= 15 is 0 Å². The second-order valence-corrected chi connectivity index (χ2v) is 4.81. The number of likely N-dealkylation sites (tertiary alicyclic amines) is 1. The Morgan fingerprint density at radius 3 is 2.07 bits per heavy atom. The molecule has 1 saturated heterocycles. The van der Waals surface area contributed by atoms with Crippen molar-refractivity contribution in [3.05, 3.63) is 0 Å². The summed E-state index contributed by atoms with van der Waals surface area (Å²) in [5.41, 5.74) is -0.329. The molecule has 0 atom stereocenters. The number of hydrogen-bond donors (Lipinski definition) is 0. The van der Waals surface area contributed by atoms with E-state index in [4.69, 9.17) is 0 Å². The van der Waals surface area contributed by atoms with Crippen molar-refractivity contribution in [3.63, 3.8) is 0 Å². The molecule has 1 aliphatic heterocycles. The second kappa shape index (κ2) is 4.30. The molecule has 14 heavy (non-hydrogen) atoms. The Balaban J connectivity index is 2.66. The third kappa shape index (κ3) is 2.27. The van der Waals surface area contributed by atoms with Gasteiger partial charge in [0.05, 0.1) is 5.54 Å². The minimum Gasteiger partial charge on any atom is -0.347 e. The van der Waals surface area contributed by atoms with E-state index in [1.165, 1.54) is 19.3 Å². The van der Waals surface area contributed by atoms with Crippen LogP contribution in [0.25, 0.3) is 0 Å². The lowest BCUT2D eigenvalue weighted by Gasteiger charge is -2.40. The minimum atomic E-state index is -0.329. The molecular formula is C11H22N2O. The molecule has 0 N–H and O–H groups in total. The molecule has 3 heteroatoms. The van der Waals surface area contributed by atoms with Crippen molar-refractivity contribution in [2.45, 2.75) is 38.6 Å². The Morgan fingerprint density at radius 1 is 1.14 bits per heavy atom. The van der Waals surface area contributed by atoms with Gasteiger partial charge in [0.2, 0.25) is 5.91 Å². The predicted molar refractivity (Wildman–Crippen MR) is 58.2 cm³/mol. The number of rotatable bonds is 2. The zero-order valence-electron chi connectivity index (χ0n) is 9.84. The molecule has 0 saturated carbocycles. The van der Waals surface area contributed by atoms with Gasteiger partial charge < -0.3 is 4.90 Å². The van der Waals surface area contributed by atoms with Crippen LogP contribution in [0.5, 0.6) is 0 Å². The van der Waals surface area contributed by atoms with Crippen LogP contribution in [0.2, 0.25) is 0 Å². The fraction of sp³-hybridized carbons (Fsp3) is 0.909. The molecule has 0 bridgehead atoms. The Hall–Kier alpha value is -0.570. The van der Waals surface area contributed by atoms with Crippen LogP contribution in [0.3, 0.4) is 0 Å². The van der Waals surface area contributed by atoms with Crippen LogP contribution >= 0.6 is 0 Å². The van der Waals surface area contributed by atoms with Crippen molar-refractivity contribution in [3.8, 4) is 0 Å². The summed E-state index contributed by atoms with van der Waals surface area (Å²) < 4.78 is 0. The van der Waals surface area contributed by atoms with Crippen molar-refractivity contribution in [2.24, 2.45) is 0 Å². The van der Waals surface area contributed by atoms with E-state index < -0.39 is 0 Å². The normalized spacial score (nSPS) is 19.4. The maximum Gasteiger partial charge on any atom is 0.242 e. The molecule has 1 rings (SSSR count). The van der Waals surface area contributed by atoms with E-state index in [9.17, 15) is 4.79 Å². The first-order valence-corrected chi connectivity index (χ1v) is 5.43. The number of nitrogens with zero attached hydrogens (tertiary/aromatic N) is 2. The molecule has 0 aromatic carbocycles. The second-order valence-electron chi connectivity index (χ2n) is 4.81. The number of piperidine rings is 1. The van der Waals surface area contributed by atoms with Crippen LogP contribution in [0.15, 0.2) is 0 Å². The van der Waals surface area contributed by atoms with Crippen LogP contribution in [-0.2, 0) is 4.79 Å². The first-order chi connectivity index (χ1) is 6.46. The summed E-state index contributed by atoms with van der Waals surface area (Å²) in [6.45, 7) is 6.18. The zero-order valence-corrected chi connectivity index (χ0v) is 9.84. The summed E-state index contributed by atoms with van der Waals surface area (Å²) in [5.74, 6) is 0.208. The predicted octanol–water partition coefficient (Wildman–Crippen LogP) is 1.34. The summed E-state index contributed by atoms with van der Waals surface area (Å²) >= 11 is 0. The van der Waals surface area contributed by atoms with E-state index in [0.717, 1.165) is 13.1 Å². The molecule has 0 aromatic rings. The van der Waals surface area contributed by atoms with Gasteiger partial charge >= 0.3 is 0 Å². The average Bonchev–Trinajstić information content (AvgIpc) is 2.18. The summed E-state index contributed by atoms with van der Waals surface area (Å²) in [4.78, 5) is 15.9. The Labute approximate surface area is 87.1 Å². The maximum atomic E-state index is 11.9. The monoisotopic (exact) mass is 198 g/mol. The fourth-order valence-corrected chi connectivity index (χ4v) is 2.14. The van der Waals surface area contributed by atoms with Gasteiger partial charge in [-0.15, -0.1) is 0 Å². The lowest BCUT2D eigenvalue weighted by atomic mass is 9.97. The SMILES string of the molecule is CN(C)C(=O)C(C)(C)N1CCCCC1. The van der Waals surface area contributed by atoms with Gasteiger partial charge in [0.15, 0.2) is 0 Å². The highest BCUT2D eigenvalue weighted by molar-refractivity contribution is 5.85. The van der Waals surface area contributed by atoms with Crippen LogP contribution in [0, 0.1) is 0 Å². The van der Waals surface area contributed by atoms with Crippen molar-refractivity contribution in [1.82, 2.24) is 9.80 Å². The summed E-state index contributed by atoms with van der Waals surface area (Å²) in [6.07, 6.45) is 3.76. The van der Waals surface area contributed by atoms with Gasteiger partial charge in [0.25, 0.3) is 0 Å². The van der Waals surface area contributed by atoms with E-state index in [1.54, 1.807) is 4.90 Å². The Morgan fingerprint density at radius 2 is 1.64 bits per heavy atom. The van der Waals surface area contributed by atoms with E-state index in [-0.39, 0.29) is 11.4 Å². The Kier molecular flexibility index (Phi) is 3.53. The molecule has 0 spiro atoms. The number of hydrogen-bond acceptors (Lipinski definition) is 2. The maximum absolute atomic E-state index is 11.9. The summed E-state index contributed by atoms with van der Waals surface area (Å²) in [5, 5.41) is 0.